The number of hydrogen-bond donors (Lipinski definition) is 3. The summed E-state index contributed by atoms with van der Waals surface area (Å²) in [5.74, 6) is -2.19. The lowest BCUT2D eigenvalue weighted by Crippen LogP contribution is -2.50. The molecule has 0 saturated carbocycles. The molecule has 1 amide bonds. The summed E-state index contributed by atoms with van der Waals surface area (Å²) in [6.07, 6.45) is -1.97. The first kappa shape index (κ1) is 21.2. The smallest absolute Gasteiger partial charge is 0.390 e. The van der Waals surface area contributed by atoms with Gasteiger partial charge in [-0.1, -0.05) is 11.6 Å². The number of amides is 1. The fourth-order valence-corrected chi connectivity index (χ4v) is 3.63. The molecule has 1 aliphatic heterocycles. The molecule has 0 aromatic carbocycles. The van der Waals surface area contributed by atoms with Crippen LogP contribution in [0.1, 0.15) is 6.42 Å². The highest BCUT2D eigenvalue weighted by Crippen LogP contribution is 2.31. The number of halogens is 5. The first-order valence-corrected chi connectivity index (χ1v) is 9.46. The minimum Gasteiger partial charge on any atom is -0.390 e. The van der Waals surface area contributed by atoms with Gasteiger partial charge in [-0.25, -0.2) is 19.3 Å². The topological polar surface area (TPSA) is 107 Å². The van der Waals surface area contributed by atoms with Gasteiger partial charge < -0.3 is 20.3 Å². The number of carbonyl (C=O) groups excluding carboxylic acids is 1. The van der Waals surface area contributed by atoms with Gasteiger partial charge in [-0.05, 0) is 12.5 Å². The number of alkyl halides is 3. The zero-order valence-electron chi connectivity index (χ0n) is 15.6. The van der Waals surface area contributed by atoms with E-state index < -0.39 is 36.6 Å². The number of hydrogen-bond acceptors (Lipinski definition) is 6. The number of carbonyl (C=O) groups is 1. The average molecular weight is 459 g/mol. The molecular weight excluding hydrogens is 444 g/mol. The summed E-state index contributed by atoms with van der Waals surface area (Å²) in [6.45, 7) is -1.55. The summed E-state index contributed by atoms with van der Waals surface area (Å²) in [5.41, 5.74) is 0.957. The second-order valence-electron chi connectivity index (χ2n) is 6.94. The molecule has 2 atom stereocenters. The van der Waals surface area contributed by atoms with E-state index in [9.17, 15) is 27.5 Å². The largest absolute Gasteiger partial charge is 0.405 e. The van der Waals surface area contributed by atoms with Gasteiger partial charge in [-0.3, -0.25) is 4.79 Å². The number of nitrogens with zero attached hydrogens (tertiary/aromatic N) is 4. The van der Waals surface area contributed by atoms with Gasteiger partial charge in [0.15, 0.2) is 17.5 Å². The predicted octanol–water partition coefficient (Wildman–Crippen LogP) is 2.43. The summed E-state index contributed by atoms with van der Waals surface area (Å²) in [6, 6.07) is 0.188. The molecule has 1 fully saturated rings. The predicted molar refractivity (Wildman–Crippen MR) is 103 cm³/mol. The number of aliphatic hydroxyl groups excluding tert-OH is 1. The van der Waals surface area contributed by atoms with Gasteiger partial charge in [-0.2, -0.15) is 13.2 Å². The van der Waals surface area contributed by atoms with E-state index in [0.29, 0.717) is 21.6 Å². The molecular formula is C18H15ClF4N6O2. The van der Waals surface area contributed by atoms with Crippen molar-refractivity contribution in [1.29, 1.82) is 0 Å². The number of H-pyrrole nitrogens is 1. The van der Waals surface area contributed by atoms with E-state index >= 15 is 0 Å². The van der Waals surface area contributed by atoms with Crippen molar-refractivity contribution in [1.82, 2.24) is 25.3 Å². The molecule has 8 nitrogen and oxygen atoms in total. The van der Waals surface area contributed by atoms with Gasteiger partial charge in [0.1, 0.15) is 18.2 Å². The van der Waals surface area contributed by atoms with Crippen LogP contribution in [0.15, 0.2) is 24.7 Å². The number of nitrogens with one attached hydrogen (secondary N) is 2. The number of anilines is 1. The highest BCUT2D eigenvalue weighted by Gasteiger charge is 2.41. The maximum Gasteiger partial charge on any atom is 0.405 e. The second-order valence-corrected chi connectivity index (χ2v) is 7.38. The zero-order chi connectivity index (χ0) is 22.3. The number of rotatable bonds is 4. The van der Waals surface area contributed by atoms with Crippen molar-refractivity contribution in [2.45, 2.75) is 24.7 Å². The van der Waals surface area contributed by atoms with Crippen LogP contribution < -0.4 is 10.2 Å². The summed E-state index contributed by atoms with van der Waals surface area (Å²) < 4.78 is 52.0. The van der Waals surface area contributed by atoms with Gasteiger partial charge in [0.25, 0.3) is 0 Å². The van der Waals surface area contributed by atoms with Gasteiger partial charge in [0.2, 0.25) is 5.91 Å². The van der Waals surface area contributed by atoms with Gasteiger partial charge in [0.05, 0.1) is 17.3 Å². The summed E-state index contributed by atoms with van der Waals surface area (Å²) >= 11 is 5.99. The van der Waals surface area contributed by atoms with Crippen LogP contribution in [0.25, 0.3) is 22.4 Å². The van der Waals surface area contributed by atoms with Crippen molar-refractivity contribution in [3.63, 3.8) is 0 Å². The third-order valence-corrected chi connectivity index (χ3v) is 5.04. The zero-order valence-corrected chi connectivity index (χ0v) is 16.4. The third-order valence-electron chi connectivity index (χ3n) is 4.83. The van der Waals surface area contributed by atoms with E-state index in [0.717, 1.165) is 11.1 Å². The molecule has 0 radical (unpaired) electrons. The van der Waals surface area contributed by atoms with Crippen molar-refractivity contribution < 1.29 is 27.5 Å². The number of aromatic nitrogens is 4. The Labute approximate surface area is 177 Å². The van der Waals surface area contributed by atoms with Crippen molar-refractivity contribution >= 4 is 34.4 Å². The average Bonchev–Trinajstić information content (AvgIpc) is 3.29. The summed E-state index contributed by atoms with van der Waals surface area (Å²) in [5, 5.41) is 12.8. The lowest BCUT2D eigenvalue weighted by molar-refractivity contribution is -0.140. The molecule has 3 aromatic heterocycles. The molecule has 3 aromatic rings. The molecule has 0 spiro atoms. The maximum atomic E-state index is 14.6. The quantitative estimate of drug-likeness (QED) is 0.518. The van der Waals surface area contributed by atoms with Crippen LogP contribution in [-0.2, 0) is 4.79 Å². The van der Waals surface area contributed by atoms with E-state index in [-0.39, 0.29) is 24.6 Å². The number of fused-ring (bicyclic) bond motifs is 1. The molecule has 4 rings (SSSR count). The first-order valence-electron chi connectivity index (χ1n) is 9.09. The Kier molecular flexibility index (Phi) is 5.43. The molecule has 31 heavy (non-hydrogen) atoms. The Balaban J connectivity index is 1.69. The molecule has 0 bridgehead atoms. The van der Waals surface area contributed by atoms with E-state index in [1.165, 1.54) is 6.20 Å². The highest BCUT2D eigenvalue weighted by molar-refractivity contribution is 6.31. The van der Waals surface area contributed by atoms with Crippen LogP contribution in [0.4, 0.5) is 23.4 Å². The Morgan fingerprint density at radius 1 is 1.35 bits per heavy atom. The molecule has 1 saturated heterocycles. The molecule has 3 N–H and O–H groups in total. The van der Waals surface area contributed by atoms with Crippen LogP contribution in [0, 0.1) is 5.82 Å². The van der Waals surface area contributed by atoms with Gasteiger partial charge in [-0.15, -0.1) is 0 Å². The van der Waals surface area contributed by atoms with E-state index in [4.69, 9.17) is 11.6 Å². The van der Waals surface area contributed by atoms with Gasteiger partial charge in [0, 0.05) is 29.9 Å². The Morgan fingerprint density at radius 3 is 2.87 bits per heavy atom. The lowest BCUT2D eigenvalue weighted by Gasteiger charge is -2.27. The summed E-state index contributed by atoms with van der Waals surface area (Å²) in [7, 11) is 0. The fraction of sp³-hybridized carbons (Fsp3) is 0.333. The second kappa shape index (κ2) is 7.93. The minimum atomic E-state index is -4.62. The van der Waals surface area contributed by atoms with E-state index in [1.54, 1.807) is 17.6 Å². The van der Waals surface area contributed by atoms with Crippen molar-refractivity contribution in [2.24, 2.45) is 0 Å². The number of aliphatic hydroxyl groups is 1. The maximum absolute atomic E-state index is 14.6. The Morgan fingerprint density at radius 2 is 2.13 bits per heavy atom. The monoisotopic (exact) mass is 458 g/mol. The lowest BCUT2D eigenvalue weighted by atomic mass is 10.1. The van der Waals surface area contributed by atoms with Crippen molar-refractivity contribution in [2.75, 3.05) is 18.0 Å². The van der Waals surface area contributed by atoms with Crippen LogP contribution in [-0.4, -0.2) is 62.4 Å². The van der Waals surface area contributed by atoms with E-state index in [1.807, 2.05) is 0 Å². The SMILES string of the molecule is O=C(NCC(F)(F)F)[C@@H]1[C@@H](O)CCN1c1nc(-c2c[nH]c3ncc(Cl)cc23)ncc1F. The highest BCUT2D eigenvalue weighted by atomic mass is 35.5. The van der Waals surface area contributed by atoms with Crippen molar-refractivity contribution in [3.05, 3.63) is 35.5 Å². The van der Waals surface area contributed by atoms with E-state index in [2.05, 4.69) is 19.9 Å². The van der Waals surface area contributed by atoms with Crippen molar-refractivity contribution in [3.8, 4) is 11.4 Å². The molecule has 0 unspecified atom stereocenters. The van der Waals surface area contributed by atoms with Crippen LogP contribution in [0.2, 0.25) is 5.02 Å². The van der Waals surface area contributed by atoms with Gasteiger partial charge >= 0.3 is 6.18 Å². The fourth-order valence-electron chi connectivity index (χ4n) is 3.47. The van der Waals surface area contributed by atoms with Crippen LogP contribution in [0.5, 0.6) is 0 Å². The Hall–Kier alpha value is -2.99. The summed E-state index contributed by atoms with van der Waals surface area (Å²) in [4.78, 5) is 28.7. The molecule has 164 valence electrons. The Bertz CT molecular complexity index is 1140. The minimum absolute atomic E-state index is 0.0138. The third kappa shape index (κ3) is 4.26. The molecule has 4 heterocycles. The normalized spacial score (nSPS) is 19.2. The molecule has 1 aliphatic rings. The van der Waals surface area contributed by atoms with Crippen LogP contribution >= 0.6 is 11.6 Å². The molecule has 13 heteroatoms. The van der Waals surface area contributed by atoms with Crippen LogP contribution in [0.3, 0.4) is 0 Å². The number of pyridine rings is 1. The first-order chi connectivity index (χ1) is 14.6. The standard InChI is InChI=1S/C18H15ClF4N6O2/c19-8-3-9-10(5-25-14(9)24-4-8)15-26-6-11(20)16(28-15)29-2-1-12(30)13(29)17(31)27-7-18(21,22)23/h3-6,12-13,30H,1-2,7H2,(H,24,25)(H,27,31)/t12-,13-/m0/s1. The molecule has 0 aliphatic carbocycles. The number of aromatic amines is 1.